The quantitative estimate of drug-likeness (QED) is 0.690. The van der Waals surface area contributed by atoms with Gasteiger partial charge >= 0.3 is 5.97 Å². The summed E-state index contributed by atoms with van der Waals surface area (Å²) in [5.74, 6) is -1.20. The SMILES string of the molecule is O=C(NCC1CCCC1C(=O)O)c1cc(I)ccc1Br. The molecule has 1 fully saturated rings. The molecule has 2 unspecified atom stereocenters. The molecular weight excluding hydrogens is 437 g/mol. The number of benzene rings is 1. The molecule has 1 aliphatic rings. The minimum Gasteiger partial charge on any atom is -0.481 e. The first-order valence-electron chi connectivity index (χ1n) is 6.45. The van der Waals surface area contributed by atoms with E-state index in [1.54, 1.807) is 0 Å². The molecule has 4 nitrogen and oxygen atoms in total. The smallest absolute Gasteiger partial charge is 0.306 e. The van der Waals surface area contributed by atoms with Crippen molar-refractivity contribution in [1.82, 2.24) is 5.32 Å². The van der Waals surface area contributed by atoms with Gasteiger partial charge in [-0.1, -0.05) is 6.42 Å². The van der Waals surface area contributed by atoms with Crippen LogP contribution in [0.2, 0.25) is 0 Å². The highest BCUT2D eigenvalue weighted by Crippen LogP contribution is 2.31. The number of carbonyl (C=O) groups excluding carboxylic acids is 1. The number of rotatable bonds is 4. The summed E-state index contributed by atoms with van der Waals surface area (Å²) in [5.41, 5.74) is 0.585. The van der Waals surface area contributed by atoms with Crippen molar-refractivity contribution in [3.05, 3.63) is 31.8 Å². The highest BCUT2D eigenvalue weighted by Gasteiger charge is 2.32. The van der Waals surface area contributed by atoms with Crippen LogP contribution in [0, 0.1) is 15.4 Å². The fourth-order valence-electron chi connectivity index (χ4n) is 2.60. The van der Waals surface area contributed by atoms with Crippen LogP contribution < -0.4 is 5.32 Å². The zero-order valence-corrected chi connectivity index (χ0v) is 14.5. The first-order valence-corrected chi connectivity index (χ1v) is 8.32. The number of carboxylic acids is 1. The third-order valence-electron chi connectivity index (χ3n) is 3.67. The Labute approximate surface area is 139 Å². The topological polar surface area (TPSA) is 66.4 Å². The lowest BCUT2D eigenvalue weighted by atomic mass is 9.96. The van der Waals surface area contributed by atoms with Gasteiger partial charge in [-0.15, -0.1) is 0 Å². The molecule has 6 heteroatoms. The fraction of sp³-hybridized carbons (Fsp3) is 0.429. The average molecular weight is 452 g/mol. The molecule has 0 aromatic heterocycles. The first kappa shape index (κ1) is 15.8. The summed E-state index contributed by atoms with van der Waals surface area (Å²) >= 11 is 5.52. The Hall–Kier alpha value is -0.630. The number of amides is 1. The summed E-state index contributed by atoms with van der Waals surface area (Å²) in [6.07, 6.45) is 2.50. The molecule has 0 radical (unpaired) electrons. The number of carboxylic acid groups (broad SMARTS) is 1. The summed E-state index contributed by atoms with van der Waals surface area (Å²) in [7, 11) is 0. The monoisotopic (exact) mass is 451 g/mol. The summed E-state index contributed by atoms with van der Waals surface area (Å²) in [5, 5.41) is 12.0. The lowest BCUT2D eigenvalue weighted by Crippen LogP contribution is -2.33. The van der Waals surface area contributed by atoms with Crippen LogP contribution in [-0.2, 0) is 4.79 Å². The number of carbonyl (C=O) groups is 2. The average Bonchev–Trinajstić information content (AvgIpc) is 2.87. The van der Waals surface area contributed by atoms with Crippen LogP contribution in [0.5, 0.6) is 0 Å². The molecule has 1 aromatic carbocycles. The van der Waals surface area contributed by atoms with E-state index in [4.69, 9.17) is 5.11 Å². The lowest BCUT2D eigenvalue weighted by Gasteiger charge is -2.16. The summed E-state index contributed by atoms with van der Waals surface area (Å²) < 4.78 is 1.73. The maximum atomic E-state index is 12.2. The van der Waals surface area contributed by atoms with Gasteiger partial charge < -0.3 is 10.4 Å². The van der Waals surface area contributed by atoms with Crippen molar-refractivity contribution in [3.8, 4) is 0 Å². The van der Waals surface area contributed by atoms with Gasteiger partial charge in [0.2, 0.25) is 0 Å². The van der Waals surface area contributed by atoms with E-state index < -0.39 is 5.97 Å². The van der Waals surface area contributed by atoms with E-state index in [2.05, 4.69) is 43.8 Å². The molecule has 0 spiro atoms. The fourth-order valence-corrected chi connectivity index (χ4v) is 3.51. The first-order chi connectivity index (χ1) is 9.49. The Morgan fingerprint density at radius 1 is 1.40 bits per heavy atom. The van der Waals surface area contributed by atoms with Gasteiger partial charge in [-0.2, -0.15) is 0 Å². The van der Waals surface area contributed by atoms with Gasteiger partial charge in [0.05, 0.1) is 11.5 Å². The van der Waals surface area contributed by atoms with Crippen molar-refractivity contribution in [2.24, 2.45) is 11.8 Å². The van der Waals surface area contributed by atoms with E-state index >= 15 is 0 Å². The van der Waals surface area contributed by atoms with Crippen LogP contribution in [0.15, 0.2) is 22.7 Å². The Bertz CT molecular complexity index is 535. The molecule has 0 aliphatic heterocycles. The summed E-state index contributed by atoms with van der Waals surface area (Å²) in [6, 6.07) is 5.56. The second-order valence-electron chi connectivity index (χ2n) is 4.97. The minimum absolute atomic E-state index is 0.0398. The molecule has 0 bridgehead atoms. The molecule has 1 aromatic rings. The Kier molecular flexibility index (Phi) is 5.42. The minimum atomic E-state index is -0.753. The maximum absolute atomic E-state index is 12.2. The largest absolute Gasteiger partial charge is 0.481 e. The molecule has 1 saturated carbocycles. The van der Waals surface area contributed by atoms with E-state index in [0.717, 1.165) is 20.9 Å². The predicted molar refractivity (Wildman–Crippen MR) is 87.7 cm³/mol. The highest BCUT2D eigenvalue weighted by molar-refractivity contribution is 14.1. The summed E-state index contributed by atoms with van der Waals surface area (Å²) in [4.78, 5) is 23.3. The zero-order valence-electron chi connectivity index (χ0n) is 10.7. The highest BCUT2D eigenvalue weighted by atomic mass is 127. The second-order valence-corrected chi connectivity index (χ2v) is 7.07. The number of halogens is 2. The van der Waals surface area contributed by atoms with E-state index in [1.807, 2.05) is 18.2 Å². The normalized spacial score (nSPS) is 21.7. The maximum Gasteiger partial charge on any atom is 0.306 e. The molecule has 108 valence electrons. The third kappa shape index (κ3) is 3.72. The van der Waals surface area contributed by atoms with Crippen LogP contribution >= 0.6 is 38.5 Å². The van der Waals surface area contributed by atoms with Gasteiger partial charge in [0.15, 0.2) is 0 Å². The Balaban J connectivity index is 1.98. The molecular formula is C14H15BrINO3. The van der Waals surface area contributed by atoms with Gasteiger partial charge in [-0.3, -0.25) is 9.59 Å². The van der Waals surface area contributed by atoms with Crippen molar-refractivity contribution < 1.29 is 14.7 Å². The number of aliphatic carboxylic acids is 1. The van der Waals surface area contributed by atoms with Crippen LogP contribution in [0.4, 0.5) is 0 Å². The van der Waals surface area contributed by atoms with Crippen LogP contribution in [0.1, 0.15) is 29.6 Å². The van der Waals surface area contributed by atoms with Crippen molar-refractivity contribution >= 4 is 50.4 Å². The zero-order chi connectivity index (χ0) is 14.7. The number of nitrogens with one attached hydrogen (secondary N) is 1. The molecule has 1 amide bonds. The van der Waals surface area contributed by atoms with E-state index in [-0.39, 0.29) is 17.7 Å². The second kappa shape index (κ2) is 6.89. The molecule has 0 heterocycles. The predicted octanol–water partition coefficient (Wildman–Crippen LogP) is 3.28. The Morgan fingerprint density at radius 2 is 2.15 bits per heavy atom. The van der Waals surface area contributed by atoms with Crippen molar-refractivity contribution in [3.63, 3.8) is 0 Å². The van der Waals surface area contributed by atoms with Crippen molar-refractivity contribution in [2.75, 3.05) is 6.54 Å². The molecule has 2 rings (SSSR count). The number of hydrogen-bond acceptors (Lipinski definition) is 2. The molecule has 20 heavy (non-hydrogen) atoms. The van der Waals surface area contributed by atoms with Crippen LogP contribution in [0.3, 0.4) is 0 Å². The van der Waals surface area contributed by atoms with E-state index in [9.17, 15) is 9.59 Å². The summed E-state index contributed by atoms with van der Waals surface area (Å²) in [6.45, 7) is 0.424. The van der Waals surface area contributed by atoms with Crippen LogP contribution in [0.25, 0.3) is 0 Å². The molecule has 0 saturated heterocycles. The standard InChI is InChI=1S/C14H15BrINO3/c15-12-5-4-9(16)6-11(12)13(18)17-7-8-2-1-3-10(8)14(19)20/h4-6,8,10H,1-3,7H2,(H,17,18)(H,19,20). The molecule has 2 atom stereocenters. The van der Waals surface area contributed by atoms with Crippen molar-refractivity contribution in [1.29, 1.82) is 0 Å². The van der Waals surface area contributed by atoms with Gasteiger partial charge in [-0.05, 0) is 75.5 Å². The van der Waals surface area contributed by atoms with Gasteiger partial charge in [0.25, 0.3) is 5.91 Å². The van der Waals surface area contributed by atoms with Gasteiger partial charge in [0, 0.05) is 14.6 Å². The van der Waals surface area contributed by atoms with E-state index in [1.165, 1.54) is 0 Å². The number of hydrogen-bond donors (Lipinski definition) is 2. The van der Waals surface area contributed by atoms with Crippen LogP contribution in [-0.4, -0.2) is 23.5 Å². The van der Waals surface area contributed by atoms with Crippen molar-refractivity contribution in [2.45, 2.75) is 19.3 Å². The Morgan fingerprint density at radius 3 is 2.85 bits per heavy atom. The molecule has 1 aliphatic carbocycles. The lowest BCUT2D eigenvalue weighted by molar-refractivity contribution is -0.142. The van der Waals surface area contributed by atoms with E-state index in [0.29, 0.717) is 18.5 Å². The third-order valence-corrected chi connectivity index (χ3v) is 5.04. The van der Waals surface area contributed by atoms with Gasteiger partial charge in [0.1, 0.15) is 0 Å². The van der Waals surface area contributed by atoms with Gasteiger partial charge in [-0.25, -0.2) is 0 Å². The molecule has 2 N–H and O–H groups in total.